The minimum Gasteiger partial charge on any atom is -0.266 e. The number of rotatable bonds is 2. The summed E-state index contributed by atoms with van der Waals surface area (Å²) in [5, 5.41) is 4.09. The van der Waals surface area contributed by atoms with E-state index in [1.54, 1.807) is 10.7 Å². The summed E-state index contributed by atoms with van der Waals surface area (Å²) in [6.07, 6.45) is 1.48. The fourth-order valence-corrected chi connectivity index (χ4v) is 1.55. The summed E-state index contributed by atoms with van der Waals surface area (Å²) >= 11 is 0. The third-order valence-electron chi connectivity index (χ3n) is 2.37. The van der Waals surface area contributed by atoms with Crippen LogP contribution < -0.4 is 0 Å². The summed E-state index contributed by atoms with van der Waals surface area (Å²) in [6, 6.07) is 9.85. The normalized spacial score (nSPS) is 9.88. The zero-order valence-corrected chi connectivity index (χ0v) is 9.14. The molecule has 0 aliphatic rings. The maximum absolute atomic E-state index is 10.1. The second kappa shape index (κ2) is 4.13. The molecule has 1 heterocycles. The third kappa shape index (κ3) is 1.92. The average Bonchev–Trinajstić information content (AvgIpc) is 2.61. The van der Waals surface area contributed by atoms with Gasteiger partial charge in [-0.1, -0.05) is 29.8 Å². The lowest BCUT2D eigenvalue weighted by Crippen LogP contribution is -1.93. The van der Waals surface area contributed by atoms with Crippen molar-refractivity contribution in [3.63, 3.8) is 0 Å². The minimum absolute atomic E-state index is 0.382. The molecule has 4 heteroatoms. The van der Waals surface area contributed by atoms with Gasteiger partial charge >= 0.3 is 0 Å². The van der Waals surface area contributed by atoms with Gasteiger partial charge < -0.3 is 0 Å². The largest absolute Gasteiger partial charge is 0.266 e. The molecule has 1 aromatic heterocycles. The Hall–Kier alpha value is -2.19. The van der Waals surface area contributed by atoms with Crippen LogP contribution in [0.25, 0.3) is 11.3 Å². The van der Waals surface area contributed by atoms with Gasteiger partial charge in [0.1, 0.15) is 0 Å². The summed E-state index contributed by atoms with van der Waals surface area (Å²) in [5.41, 5.74) is 3.18. The Morgan fingerprint density at radius 3 is 2.62 bits per heavy atom. The van der Waals surface area contributed by atoms with Crippen LogP contribution in [-0.2, 0) is 11.8 Å². The van der Waals surface area contributed by atoms with E-state index in [1.807, 2.05) is 38.2 Å². The molecular weight excluding hydrogens is 202 g/mol. The Morgan fingerprint density at radius 2 is 2.00 bits per heavy atom. The molecule has 0 fully saturated rings. The van der Waals surface area contributed by atoms with Crippen molar-refractivity contribution in [3.8, 4) is 11.3 Å². The smallest absolute Gasteiger partial charge is 0.242 e. The average molecular weight is 213 g/mol. The first-order valence-electron chi connectivity index (χ1n) is 4.89. The van der Waals surface area contributed by atoms with Gasteiger partial charge in [-0.05, 0) is 12.5 Å². The summed E-state index contributed by atoms with van der Waals surface area (Å²) in [4.78, 5) is 13.6. The number of aryl methyl sites for hydroxylation is 2. The molecule has 0 unspecified atom stereocenters. The van der Waals surface area contributed by atoms with Gasteiger partial charge in [-0.25, -0.2) is 4.79 Å². The van der Waals surface area contributed by atoms with Gasteiger partial charge in [-0.2, -0.15) is 5.10 Å². The van der Waals surface area contributed by atoms with E-state index in [0.717, 1.165) is 11.3 Å². The number of isocyanates is 1. The Bertz CT molecular complexity index is 548. The summed E-state index contributed by atoms with van der Waals surface area (Å²) in [7, 11) is 1.82. The van der Waals surface area contributed by atoms with Crippen molar-refractivity contribution >= 4 is 11.9 Å². The second-order valence-corrected chi connectivity index (χ2v) is 3.58. The van der Waals surface area contributed by atoms with E-state index in [9.17, 15) is 4.79 Å². The van der Waals surface area contributed by atoms with Crippen LogP contribution in [0.1, 0.15) is 5.56 Å². The number of nitrogens with zero attached hydrogens (tertiary/aromatic N) is 3. The highest BCUT2D eigenvalue weighted by atomic mass is 16.1. The summed E-state index contributed by atoms with van der Waals surface area (Å²) < 4.78 is 1.70. The predicted molar refractivity (Wildman–Crippen MR) is 61.2 cm³/mol. The molecule has 0 spiro atoms. The molecule has 0 N–H and O–H groups in total. The monoisotopic (exact) mass is 213 g/mol. The third-order valence-corrected chi connectivity index (χ3v) is 2.37. The first-order valence-corrected chi connectivity index (χ1v) is 4.89. The first kappa shape index (κ1) is 10.3. The molecule has 1 aromatic carbocycles. The lowest BCUT2D eigenvalue weighted by molar-refractivity contribution is 0.565. The van der Waals surface area contributed by atoms with Crippen molar-refractivity contribution in [3.05, 3.63) is 35.9 Å². The Labute approximate surface area is 93.2 Å². The van der Waals surface area contributed by atoms with Crippen molar-refractivity contribution < 1.29 is 4.79 Å². The van der Waals surface area contributed by atoms with Gasteiger partial charge in [-0.15, -0.1) is 4.99 Å². The van der Waals surface area contributed by atoms with Crippen molar-refractivity contribution in [1.29, 1.82) is 0 Å². The van der Waals surface area contributed by atoms with E-state index in [-0.39, 0.29) is 0 Å². The van der Waals surface area contributed by atoms with Gasteiger partial charge in [-0.3, -0.25) is 4.68 Å². The van der Waals surface area contributed by atoms with Crippen molar-refractivity contribution in [2.45, 2.75) is 6.92 Å². The van der Waals surface area contributed by atoms with Gasteiger partial charge in [0, 0.05) is 13.1 Å². The van der Waals surface area contributed by atoms with Gasteiger partial charge in [0.15, 0.2) is 5.82 Å². The SMILES string of the molecule is Cc1ccc(-c2cc(N=C=O)nn2C)cc1. The molecular formula is C12H11N3O. The molecule has 0 aliphatic carbocycles. The quantitative estimate of drug-likeness (QED) is 0.568. The minimum atomic E-state index is 0.382. The first-order chi connectivity index (χ1) is 7.70. The van der Waals surface area contributed by atoms with E-state index >= 15 is 0 Å². The lowest BCUT2D eigenvalue weighted by atomic mass is 10.1. The van der Waals surface area contributed by atoms with Crippen LogP contribution in [0.4, 0.5) is 5.82 Å². The number of hydrogen-bond donors (Lipinski definition) is 0. The van der Waals surface area contributed by atoms with Gasteiger partial charge in [0.25, 0.3) is 0 Å². The molecule has 80 valence electrons. The van der Waals surface area contributed by atoms with Crippen LogP contribution >= 0.6 is 0 Å². The topological polar surface area (TPSA) is 47.2 Å². The number of benzene rings is 1. The number of carbonyl (C=O) groups excluding carboxylic acids is 1. The van der Waals surface area contributed by atoms with Crippen LogP contribution in [0.3, 0.4) is 0 Å². The fourth-order valence-electron chi connectivity index (χ4n) is 1.55. The lowest BCUT2D eigenvalue weighted by Gasteiger charge is -2.01. The fraction of sp³-hybridized carbons (Fsp3) is 0.167. The molecule has 4 nitrogen and oxygen atoms in total. The Morgan fingerprint density at radius 1 is 1.31 bits per heavy atom. The van der Waals surface area contributed by atoms with Crippen LogP contribution in [0.5, 0.6) is 0 Å². The van der Waals surface area contributed by atoms with E-state index in [4.69, 9.17) is 0 Å². The number of hydrogen-bond acceptors (Lipinski definition) is 3. The predicted octanol–water partition coefficient (Wildman–Crippen LogP) is 2.36. The maximum Gasteiger partial charge on any atom is 0.242 e. The van der Waals surface area contributed by atoms with Crippen LogP contribution in [0.2, 0.25) is 0 Å². The molecule has 0 radical (unpaired) electrons. The second-order valence-electron chi connectivity index (χ2n) is 3.58. The zero-order chi connectivity index (χ0) is 11.5. The molecule has 0 amide bonds. The molecule has 0 saturated heterocycles. The van der Waals surface area contributed by atoms with Gasteiger partial charge in [0.05, 0.1) is 5.69 Å². The summed E-state index contributed by atoms with van der Waals surface area (Å²) in [6.45, 7) is 2.04. The summed E-state index contributed by atoms with van der Waals surface area (Å²) in [5.74, 6) is 0.382. The maximum atomic E-state index is 10.1. The Balaban J connectivity index is 2.47. The van der Waals surface area contributed by atoms with Crippen LogP contribution in [0, 0.1) is 6.92 Å². The van der Waals surface area contributed by atoms with Crippen molar-refractivity contribution in [2.75, 3.05) is 0 Å². The number of aromatic nitrogens is 2. The Kier molecular flexibility index (Phi) is 2.66. The molecule has 16 heavy (non-hydrogen) atoms. The molecule has 0 bridgehead atoms. The van der Waals surface area contributed by atoms with Crippen LogP contribution in [-0.4, -0.2) is 15.9 Å². The van der Waals surface area contributed by atoms with Crippen LogP contribution in [0.15, 0.2) is 35.3 Å². The van der Waals surface area contributed by atoms with Gasteiger partial charge in [0.2, 0.25) is 6.08 Å². The molecule has 0 atom stereocenters. The van der Waals surface area contributed by atoms with Crippen molar-refractivity contribution in [2.24, 2.45) is 12.0 Å². The van der Waals surface area contributed by atoms with E-state index in [2.05, 4.69) is 10.1 Å². The molecule has 2 aromatic rings. The zero-order valence-electron chi connectivity index (χ0n) is 9.14. The molecule has 2 rings (SSSR count). The molecule has 0 saturated carbocycles. The van der Waals surface area contributed by atoms with E-state index < -0.39 is 0 Å². The highest BCUT2D eigenvalue weighted by Crippen LogP contribution is 2.23. The number of aliphatic imine (C=N–C) groups is 1. The standard InChI is InChI=1S/C12H11N3O/c1-9-3-5-10(6-4-9)11-7-12(13-8-16)14-15(11)2/h3-7H,1-2H3. The molecule has 0 aliphatic heterocycles. The highest BCUT2D eigenvalue weighted by Gasteiger charge is 2.06. The van der Waals surface area contributed by atoms with Crippen molar-refractivity contribution in [1.82, 2.24) is 9.78 Å². The highest BCUT2D eigenvalue weighted by molar-refractivity contribution is 5.63. The van der Waals surface area contributed by atoms with E-state index in [1.165, 1.54) is 11.6 Å². The van der Waals surface area contributed by atoms with E-state index in [0.29, 0.717) is 5.82 Å².